The van der Waals surface area contributed by atoms with E-state index in [1.54, 1.807) is 20.8 Å². The van der Waals surface area contributed by atoms with Crippen LogP contribution in [-0.4, -0.2) is 40.3 Å². The first-order valence-electron chi connectivity index (χ1n) is 7.05. The van der Waals surface area contributed by atoms with Gasteiger partial charge in [-0.2, -0.15) is 0 Å². The summed E-state index contributed by atoms with van der Waals surface area (Å²) in [7, 11) is 0. The fraction of sp³-hybridized carbons (Fsp3) is 0.500. The maximum absolute atomic E-state index is 12.2. The molecular weight excluding hydrogens is 270 g/mol. The first kappa shape index (κ1) is 15.4. The van der Waals surface area contributed by atoms with E-state index < -0.39 is 23.7 Å². The zero-order chi connectivity index (χ0) is 15.6. The highest BCUT2D eigenvalue weighted by atomic mass is 16.6. The maximum atomic E-state index is 12.2. The monoisotopic (exact) mass is 291 g/mol. The topological polar surface area (TPSA) is 66.8 Å². The number of carboxylic acids is 1. The van der Waals surface area contributed by atoms with E-state index in [-0.39, 0.29) is 5.92 Å². The Bertz CT molecular complexity index is 521. The van der Waals surface area contributed by atoms with Crippen LogP contribution in [0.4, 0.5) is 4.79 Å². The van der Waals surface area contributed by atoms with Crippen LogP contribution in [0, 0.1) is 0 Å². The molecule has 0 spiro atoms. The molecule has 0 aromatic heterocycles. The average Bonchev–Trinajstić information content (AvgIpc) is 2.83. The molecule has 1 aromatic rings. The molecule has 1 N–H and O–H groups in total. The fourth-order valence-corrected chi connectivity index (χ4v) is 2.56. The quantitative estimate of drug-likeness (QED) is 0.909. The molecule has 5 nitrogen and oxygen atoms in total. The Labute approximate surface area is 124 Å². The molecule has 2 unspecified atom stereocenters. The summed E-state index contributed by atoms with van der Waals surface area (Å²) in [6, 6.07) is 8.84. The molecular formula is C16H21NO4. The van der Waals surface area contributed by atoms with Crippen molar-refractivity contribution in [3.8, 4) is 0 Å². The number of rotatable bonds is 2. The van der Waals surface area contributed by atoms with E-state index in [9.17, 15) is 14.7 Å². The van der Waals surface area contributed by atoms with Crippen molar-refractivity contribution in [2.24, 2.45) is 0 Å². The molecule has 2 atom stereocenters. The molecule has 0 saturated carbocycles. The number of carboxylic acid groups (broad SMARTS) is 1. The Hall–Kier alpha value is -2.04. The lowest BCUT2D eigenvalue weighted by atomic mass is 9.96. The van der Waals surface area contributed by atoms with E-state index in [1.165, 1.54) is 4.90 Å². The summed E-state index contributed by atoms with van der Waals surface area (Å²) >= 11 is 0. The van der Waals surface area contributed by atoms with Crippen molar-refractivity contribution >= 4 is 12.1 Å². The maximum Gasteiger partial charge on any atom is 0.411 e. The predicted octanol–water partition coefficient (Wildman–Crippen LogP) is 2.86. The smallest absolute Gasteiger partial charge is 0.411 e. The second-order valence-electron chi connectivity index (χ2n) is 6.33. The van der Waals surface area contributed by atoms with Crippen LogP contribution >= 0.6 is 0 Å². The lowest BCUT2D eigenvalue weighted by Crippen LogP contribution is -2.43. The van der Waals surface area contributed by atoms with E-state index in [4.69, 9.17) is 4.74 Å². The van der Waals surface area contributed by atoms with Crippen molar-refractivity contribution < 1.29 is 19.4 Å². The number of hydrogen-bond donors (Lipinski definition) is 1. The van der Waals surface area contributed by atoms with Crippen LogP contribution in [0.2, 0.25) is 0 Å². The van der Waals surface area contributed by atoms with Gasteiger partial charge in [0.05, 0.1) is 0 Å². The lowest BCUT2D eigenvalue weighted by molar-refractivity contribution is -0.142. The summed E-state index contributed by atoms with van der Waals surface area (Å²) in [5, 5.41) is 9.35. The highest BCUT2D eigenvalue weighted by Crippen LogP contribution is 2.32. The van der Waals surface area contributed by atoms with Crippen LogP contribution in [0.25, 0.3) is 0 Å². The van der Waals surface area contributed by atoms with Gasteiger partial charge in [0.1, 0.15) is 11.6 Å². The van der Waals surface area contributed by atoms with Gasteiger partial charge in [-0.25, -0.2) is 9.59 Å². The minimum absolute atomic E-state index is 0.0276. The third-order valence-corrected chi connectivity index (χ3v) is 3.49. The first-order valence-corrected chi connectivity index (χ1v) is 7.05. The minimum atomic E-state index is -0.987. The van der Waals surface area contributed by atoms with E-state index in [0.717, 1.165) is 5.56 Å². The number of carbonyl (C=O) groups excluding carboxylic acids is 1. The number of amides is 1. The van der Waals surface area contributed by atoms with Gasteiger partial charge in [0.25, 0.3) is 0 Å². The molecule has 1 heterocycles. The number of likely N-dealkylation sites (tertiary alicyclic amines) is 1. The van der Waals surface area contributed by atoms with E-state index in [0.29, 0.717) is 13.0 Å². The van der Waals surface area contributed by atoms with E-state index in [2.05, 4.69) is 0 Å². The van der Waals surface area contributed by atoms with Gasteiger partial charge in [-0.3, -0.25) is 4.90 Å². The Morgan fingerprint density at radius 1 is 1.24 bits per heavy atom. The van der Waals surface area contributed by atoms with Gasteiger partial charge in [-0.05, 0) is 32.8 Å². The molecule has 1 amide bonds. The Kier molecular flexibility index (Phi) is 4.21. The number of benzene rings is 1. The van der Waals surface area contributed by atoms with E-state index in [1.807, 2.05) is 30.3 Å². The average molecular weight is 291 g/mol. The van der Waals surface area contributed by atoms with Crippen molar-refractivity contribution in [1.82, 2.24) is 4.90 Å². The molecule has 1 aromatic carbocycles. The van der Waals surface area contributed by atoms with E-state index >= 15 is 0 Å². The molecule has 1 fully saturated rings. The summed E-state index contributed by atoms with van der Waals surface area (Å²) in [5.74, 6) is -0.959. The number of carbonyl (C=O) groups is 2. The van der Waals surface area contributed by atoms with Crippen molar-refractivity contribution in [2.45, 2.75) is 44.8 Å². The number of hydrogen-bond acceptors (Lipinski definition) is 3. The number of nitrogens with zero attached hydrogens (tertiary/aromatic N) is 1. The van der Waals surface area contributed by atoms with Gasteiger partial charge in [-0.15, -0.1) is 0 Å². The van der Waals surface area contributed by atoms with Crippen LogP contribution in [0.1, 0.15) is 38.7 Å². The highest BCUT2D eigenvalue weighted by Gasteiger charge is 2.41. The number of aliphatic carboxylic acids is 1. The molecule has 0 aliphatic carbocycles. The van der Waals surface area contributed by atoms with Crippen LogP contribution in [0.3, 0.4) is 0 Å². The molecule has 1 aliphatic heterocycles. The SMILES string of the molecule is CC(C)(C)OC(=O)N1CC(c2ccccc2)CC1C(=O)O. The molecule has 0 bridgehead atoms. The Morgan fingerprint density at radius 3 is 2.38 bits per heavy atom. The molecule has 1 saturated heterocycles. The van der Waals surface area contributed by atoms with Crippen molar-refractivity contribution in [3.63, 3.8) is 0 Å². The molecule has 2 rings (SSSR count). The van der Waals surface area contributed by atoms with Crippen molar-refractivity contribution in [1.29, 1.82) is 0 Å². The number of ether oxygens (including phenoxy) is 1. The zero-order valence-corrected chi connectivity index (χ0v) is 12.6. The van der Waals surface area contributed by atoms with Crippen molar-refractivity contribution in [3.05, 3.63) is 35.9 Å². The summed E-state index contributed by atoms with van der Waals surface area (Å²) in [6.45, 7) is 5.68. The highest BCUT2D eigenvalue weighted by molar-refractivity contribution is 5.81. The van der Waals surface area contributed by atoms with Crippen LogP contribution < -0.4 is 0 Å². The standard InChI is InChI=1S/C16H21NO4/c1-16(2,3)21-15(20)17-10-12(9-13(17)14(18)19)11-7-5-4-6-8-11/h4-8,12-13H,9-10H2,1-3H3,(H,18,19). The third-order valence-electron chi connectivity index (χ3n) is 3.49. The third kappa shape index (κ3) is 3.74. The normalized spacial score (nSPS) is 22.1. The van der Waals surface area contributed by atoms with Gasteiger partial charge < -0.3 is 9.84 Å². The largest absolute Gasteiger partial charge is 0.480 e. The van der Waals surface area contributed by atoms with Crippen LogP contribution in [-0.2, 0) is 9.53 Å². The zero-order valence-electron chi connectivity index (χ0n) is 12.6. The Morgan fingerprint density at radius 2 is 1.86 bits per heavy atom. The molecule has 0 radical (unpaired) electrons. The van der Waals surface area contributed by atoms with Gasteiger partial charge in [-0.1, -0.05) is 30.3 Å². The van der Waals surface area contributed by atoms with Gasteiger partial charge in [0.15, 0.2) is 0 Å². The summed E-state index contributed by atoms with van der Waals surface area (Å²) in [6.07, 6.45) is -0.146. The second kappa shape index (κ2) is 5.76. The molecule has 114 valence electrons. The van der Waals surface area contributed by atoms with Crippen LogP contribution in [0.5, 0.6) is 0 Å². The summed E-state index contributed by atoms with van der Waals surface area (Å²) in [4.78, 5) is 24.9. The second-order valence-corrected chi connectivity index (χ2v) is 6.33. The molecule has 5 heteroatoms. The Balaban J connectivity index is 2.16. The molecule has 21 heavy (non-hydrogen) atoms. The first-order chi connectivity index (χ1) is 9.78. The lowest BCUT2D eigenvalue weighted by Gasteiger charge is -2.26. The van der Waals surface area contributed by atoms with Crippen LogP contribution in [0.15, 0.2) is 30.3 Å². The molecule has 1 aliphatic rings. The fourth-order valence-electron chi connectivity index (χ4n) is 2.56. The van der Waals surface area contributed by atoms with Gasteiger partial charge >= 0.3 is 12.1 Å². The van der Waals surface area contributed by atoms with Gasteiger partial charge in [0.2, 0.25) is 0 Å². The summed E-state index contributed by atoms with van der Waals surface area (Å²) in [5.41, 5.74) is 0.417. The predicted molar refractivity (Wildman–Crippen MR) is 78.2 cm³/mol. The van der Waals surface area contributed by atoms with Gasteiger partial charge in [0, 0.05) is 12.5 Å². The summed E-state index contributed by atoms with van der Waals surface area (Å²) < 4.78 is 5.31. The van der Waals surface area contributed by atoms with Crippen molar-refractivity contribution in [2.75, 3.05) is 6.54 Å². The minimum Gasteiger partial charge on any atom is -0.480 e.